The number of carbonyl (C=O) groups excluding carboxylic acids is 2. The average molecular weight is 456 g/mol. The molecule has 0 saturated heterocycles. The summed E-state index contributed by atoms with van der Waals surface area (Å²) in [5.74, 6) is -0.280. The van der Waals surface area contributed by atoms with Crippen molar-refractivity contribution in [3.63, 3.8) is 0 Å². The molecule has 0 aliphatic heterocycles. The first-order chi connectivity index (χ1) is 16.4. The molecule has 6 nitrogen and oxygen atoms in total. The van der Waals surface area contributed by atoms with Crippen LogP contribution in [0.15, 0.2) is 66.7 Å². The number of methoxy groups -OCH3 is 1. The number of fused-ring (bicyclic) bond motifs is 1. The molecule has 0 radical (unpaired) electrons. The predicted octanol–water partition coefficient (Wildman–Crippen LogP) is 5.41. The van der Waals surface area contributed by atoms with Crippen LogP contribution in [0.1, 0.15) is 40.7 Å². The van der Waals surface area contributed by atoms with Crippen molar-refractivity contribution in [2.45, 2.75) is 33.6 Å². The SMILES string of the molecule is CCN(C(=O)c1ccc(-n2nc(C)c(CCC(=O)OC)c2C)cc1)c1ccc2ccccc2c1. The third-order valence-corrected chi connectivity index (χ3v) is 6.21. The van der Waals surface area contributed by atoms with Gasteiger partial charge in [-0.25, -0.2) is 4.68 Å². The maximum absolute atomic E-state index is 13.3. The smallest absolute Gasteiger partial charge is 0.305 e. The fourth-order valence-corrected chi connectivity index (χ4v) is 4.31. The number of aryl methyl sites for hydroxylation is 1. The van der Waals surface area contributed by atoms with Gasteiger partial charge in [0.05, 0.1) is 18.5 Å². The summed E-state index contributed by atoms with van der Waals surface area (Å²) < 4.78 is 6.62. The third-order valence-electron chi connectivity index (χ3n) is 6.21. The minimum Gasteiger partial charge on any atom is -0.469 e. The van der Waals surface area contributed by atoms with Gasteiger partial charge in [0.15, 0.2) is 0 Å². The van der Waals surface area contributed by atoms with Gasteiger partial charge in [-0.3, -0.25) is 9.59 Å². The van der Waals surface area contributed by atoms with Crippen LogP contribution in [0.4, 0.5) is 5.69 Å². The van der Waals surface area contributed by atoms with E-state index < -0.39 is 0 Å². The summed E-state index contributed by atoms with van der Waals surface area (Å²) in [4.78, 5) is 26.7. The monoisotopic (exact) mass is 455 g/mol. The van der Waals surface area contributed by atoms with Gasteiger partial charge in [-0.15, -0.1) is 0 Å². The second-order valence-electron chi connectivity index (χ2n) is 8.27. The van der Waals surface area contributed by atoms with Gasteiger partial charge < -0.3 is 9.64 Å². The van der Waals surface area contributed by atoms with Crippen molar-refractivity contribution >= 4 is 28.3 Å². The maximum atomic E-state index is 13.3. The number of nitrogens with zero attached hydrogens (tertiary/aromatic N) is 3. The van der Waals surface area contributed by atoms with Gasteiger partial charge in [-0.1, -0.05) is 30.3 Å². The van der Waals surface area contributed by atoms with Gasteiger partial charge in [0.1, 0.15) is 0 Å². The number of benzene rings is 3. The first-order valence-corrected chi connectivity index (χ1v) is 11.5. The number of carbonyl (C=O) groups is 2. The zero-order valence-electron chi connectivity index (χ0n) is 20.0. The molecule has 0 bridgehead atoms. The van der Waals surface area contributed by atoms with Gasteiger partial charge in [-0.2, -0.15) is 5.10 Å². The van der Waals surface area contributed by atoms with Crippen LogP contribution in [0, 0.1) is 13.8 Å². The van der Waals surface area contributed by atoms with Gasteiger partial charge in [-0.05, 0) is 79.9 Å². The Balaban J connectivity index is 1.57. The molecule has 0 N–H and O–H groups in total. The minimum atomic E-state index is -0.235. The first kappa shape index (κ1) is 23.2. The van der Waals surface area contributed by atoms with Crippen LogP contribution in [-0.4, -0.2) is 35.3 Å². The van der Waals surface area contributed by atoms with Crippen molar-refractivity contribution in [3.05, 3.63) is 89.2 Å². The summed E-state index contributed by atoms with van der Waals surface area (Å²) in [6, 6.07) is 21.7. The van der Waals surface area contributed by atoms with Crippen LogP contribution < -0.4 is 4.90 Å². The summed E-state index contributed by atoms with van der Waals surface area (Å²) in [5, 5.41) is 6.91. The van der Waals surface area contributed by atoms with Crippen molar-refractivity contribution in [1.82, 2.24) is 9.78 Å². The third kappa shape index (κ3) is 4.57. The number of amides is 1. The number of rotatable bonds is 7. The summed E-state index contributed by atoms with van der Waals surface area (Å²) in [7, 11) is 1.40. The molecule has 4 rings (SSSR count). The molecular formula is C28H29N3O3. The average Bonchev–Trinajstić information content (AvgIpc) is 3.15. The molecule has 0 aliphatic carbocycles. The molecule has 0 spiro atoms. The highest BCUT2D eigenvalue weighted by molar-refractivity contribution is 6.07. The van der Waals surface area contributed by atoms with E-state index >= 15 is 0 Å². The molecule has 1 aromatic heterocycles. The molecule has 0 unspecified atom stereocenters. The zero-order chi connectivity index (χ0) is 24.2. The molecule has 3 aromatic carbocycles. The Morgan fingerprint density at radius 1 is 0.971 bits per heavy atom. The molecular weight excluding hydrogens is 426 g/mol. The quantitative estimate of drug-likeness (QED) is 0.349. The lowest BCUT2D eigenvalue weighted by Crippen LogP contribution is -2.30. The number of hydrogen-bond acceptors (Lipinski definition) is 4. The van der Waals surface area contributed by atoms with Crippen LogP contribution in [0.2, 0.25) is 0 Å². The predicted molar refractivity (Wildman–Crippen MR) is 135 cm³/mol. The summed E-state index contributed by atoms with van der Waals surface area (Å²) in [6.45, 7) is 6.48. The highest BCUT2D eigenvalue weighted by Gasteiger charge is 2.18. The van der Waals surface area contributed by atoms with Crippen LogP contribution in [-0.2, 0) is 16.0 Å². The Morgan fingerprint density at radius 3 is 2.35 bits per heavy atom. The van der Waals surface area contributed by atoms with E-state index in [9.17, 15) is 9.59 Å². The molecule has 174 valence electrons. The summed E-state index contributed by atoms with van der Waals surface area (Å²) in [6.07, 6.45) is 0.900. The van der Waals surface area contributed by atoms with E-state index in [1.54, 1.807) is 4.90 Å². The molecule has 1 heterocycles. The molecule has 0 aliphatic rings. The van der Waals surface area contributed by atoms with E-state index in [4.69, 9.17) is 4.74 Å². The number of ether oxygens (including phenoxy) is 1. The van der Waals surface area contributed by atoms with Crippen LogP contribution in [0.3, 0.4) is 0 Å². The van der Waals surface area contributed by atoms with Gasteiger partial charge >= 0.3 is 5.97 Å². The number of aromatic nitrogens is 2. The molecule has 0 fully saturated rings. The Bertz CT molecular complexity index is 1340. The van der Waals surface area contributed by atoms with E-state index in [0.29, 0.717) is 24.9 Å². The normalized spacial score (nSPS) is 10.9. The maximum Gasteiger partial charge on any atom is 0.305 e. The molecule has 1 amide bonds. The van der Waals surface area contributed by atoms with E-state index in [2.05, 4.69) is 23.3 Å². The summed E-state index contributed by atoms with van der Waals surface area (Å²) in [5.41, 5.74) is 5.27. The topological polar surface area (TPSA) is 64.4 Å². The highest BCUT2D eigenvalue weighted by Crippen LogP contribution is 2.25. The lowest BCUT2D eigenvalue weighted by Gasteiger charge is -2.22. The summed E-state index contributed by atoms with van der Waals surface area (Å²) >= 11 is 0. The highest BCUT2D eigenvalue weighted by atomic mass is 16.5. The molecule has 4 aromatic rings. The second-order valence-corrected chi connectivity index (χ2v) is 8.27. The van der Waals surface area contributed by atoms with E-state index in [-0.39, 0.29) is 11.9 Å². The van der Waals surface area contributed by atoms with Gasteiger partial charge in [0.2, 0.25) is 0 Å². The van der Waals surface area contributed by atoms with Crippen LogP contribution in [0.25, 0.3) is 16.5 Å². The standard InChI is InChI=1S/C28H29N3O3/c1-5-30(25-15-10-21-8-6-7-9-23(21)18-25)28(33)22-11-13-24(14-12-22)31-20(3)26(19(2)29-31)16-17-27(32)34-4/h6-15,18H,5,16-17H2,1-4H3. The Morgan fingerprint density at radius 2 is 1.68 bits per heavy atom. The molecule has 0 saturated carbocycles. The fraction of sp³-hybridized carbons (Fsp3) is 0.250. The van der Waals surface area contributed by atoms with E-state index in [1.165, 1.54) is 7.11 Å². The first-order valence-electron chi connectivity index (χ1n) is 11.5. The largest absolute Gasteiger partial charge is 0.469 e. The van der Waals surface area contributed by atoms with Crippen molar-refractivity contribution < 1.29 is 14.3 Å². The van der Waals surface area contributed by atoms with Gasteiger partial charge in [0, 0.05) is 29.9 Å². The van der Waals surface area contributed by atoms with E-state index in [0.717, 1.165) is 39.1 Å². The zero-order valence-corrected chi connectivity index (χ0v) is 20.0. The Hall–Kier alpha value is -3.93. The van der Waals surface area contributed by atoms with Crippen molar-refractivity contribution in [3.8, 4) is 5.69 Å². The minimum absolute atomic E-state index is 0.0449. The number of anilines is 1. The Labute approximate surface area is 199 Å². The van der Waals surface area contributed by atoms with Gasteiger partial charge in [0.25, 0.3) is 5.91 Å². The Kier molecular flexibility index (Phi) is 6.77. The van der Waals surface area contributed by atoms with Crippen LogP contribution >= 0.6 is 0 Å². The molecule has 34 heavy (non-hydrogen) atoms. The second kappa shape index (κ2) is 9.91. The number of hydrogen-bond donors (Lipinski definition) is 0. The lowest BCUT2D eigenvalue weighted by atomic mass is 10.1. The lowest BCUT2D eigenvalue weighted by molar-refractivity contribution is -0.140. The van der Waals surface area contributed by atoms with Crippen molar-refractivity contribution in [1.29, 1.82) is 0 Å². The van der Waals surface area contributed by atoms with E-state index in [1.807, 2.05) is 74.0 Å². The molecule has 0 atom stereocenters. The van der Waals surface area contributed by atoms with Crippen molar-refractivity contribution in [2.24, 2.45) is 0 Å². The number of esters is 1. The van der Waals surface area contributed by atoms with Crippen LogP contribution in [0.5, 0.6) is 0 Å². The molecule has 6 heteroatoms. The fourth-order valence-electron chi connectivity index (χ4n) is 4.31. The van der Waals surface area contributed by atoms with Crippen molar-refractivity contribution in [2.75, 3.05) is 18.6 Å².